The maximum atomic E-state index is 12.1. The molecule has 1 aliphatic carbocycles. The molecule has 1 aromatic rings. The number of carbonyl (C=O) groups excluding carboxylic acids is 1. The van der Waals surface area contributed by atoms with E-state index in [0.29, 0.717) is 5.92 Å². The highest BCUT2D eigenvalue weighted by Crippen LogP contribution is 2.45. The molecule has 0 radical (unpaired) electrons. The van der Waals surface area contributed by atoms with Crippen LogP contribution in [0.15, 0.2) is 24.3 Å². The minimum absolute atomic E-state index is 0.129. The average molecular weight is 274 g/mol. The lowest BCUT2D eigenvalue weighted by molar-refractivity contribution is -0.125. The molecule has 0 bridgehead atoms. The van der Waals surface area contributed by atoms with Crippen LogP contribution in [0.25, 0.3) is 0 Å². The standard InChI is InChI=1S/C17H26N2O/c1-12-5-7-14(8-6-12)19-17(15(18)20)10-13(2)9-16(3,4)11-17/h5-8,13,19H,9-11H2,1-4H3,(H2,18,20). The van der Waals surface area contributed by atoms with Crippen molar-refractivity contribution in [2.24, 2.45) is 17.1 Å². The predicted molar refractivity (Wildman–Crippen MR) is 83.5 cm³/mol. The number of nitrogens with one attached hydrogen (secondary N) is 1. The van der Waals surface area contributed by atoms with Gasteiger partial charge in [-0.05, 0) is 49.7 Å². The molecule has 2 rings (SSSR count). The van der Waals surface area contributed by atoms with Crippen LogP contribution in [0.1, 0.15) is 45.6 Å². The Labute approximate surface area is 121 Å². The summed E-state index contributed by atoms with van der Waals surface area (Å²) < 4.78 is 0. The molecule has 1 saturated carbocycles. The average Bonchev–Trinajstić information content (AvgIpc) is 2.29. The van der Waals surface area contributed by atoms with E-state index in [2.05, 4.69) is 45.1 Å². The van der Waals surface area contributed by atoms with Crippen molar-refractivity contribution >= 4 is 11.6 Å². The molecule has 20 heavy (non-hydrogen) atoms. The number of hydrogen-bond acceptors (Lipinski definition) is 2. The fourth-order valence-corrected chi connectivity index (χ4v) is 3.83. The molecule has 0 aliphatic heterocycles. The van der Waals surface area contributed by atoms with Gasteiger partial charge in [0, 0.05) is 5.69 Å². The van der Waals surface area contributed by atoms with Gasteiger partial charge in [-0.15, -0.1) is 0 Å². The second kappa shape index (κ2) is 5.12. The predicted octanol–water partition coefficient (Wildman–Crippen LogP) is 3.48. The molecule has 3 heteroatoms. The Hall–Kier alpha value is -1.51. The van der Waals surface area contributed by atoms with Gasteiger partial charge in [0.25, 0.3) is 0 Å². The number of nitrogens with two attached hydrogens (primary N) is 1. The summed E-state index contributed by atoms with van der Waals surface area (Å²) in [4.78, 5) is 12.1. The van der Waals surface area contributed by atoms with E-state index in [1.807, 2.05) is 12.1 Å². The van der Waals surface area contributed by atoms with E-state index in [4.69, 9.17) is 5.73 Å². The van der Waals surface area contributed by atoms with Crippen molar-refractivity contribution in [3.8, 4) is 0 Å². The number of rotatable bonds is 3. The third-order valence-electron chi connectivity index (χ3n) is 4.29. The third kappa shape index (κ3) is 3.14. The van der Waals surface area contributed by atoms with Crippen LogP contribution in [-0.2, 0) is 4.79 Å². The number of carbonyl (C=O) groups is 1. The van der Waals surface area contributed by atoms with Crippen LogP contribution in [0.5, 0.6) is 0 Å². The normalized spacial score (nSPS) is 28.9. The summed E-state index contributed by atoms with van der Waals surface area (Å²) in [5.41, 5.74) is 7.44. The van der Waals surface area contributed by atoms with Gasteiger partial charge in [-0.25, -0.2) is 0 Å². The first-order chi connectivity index (χ1) is 9.22. The number of primary amides is 1. The highest BCUT2D eigenvalue weighted by molar-refractivity contribution is 5.88. The minimum Gasteiger partial charge on any atom is -0.371 e. The zero-order valence-corrected chi connectivity index (χ0v) is 13.0. The number of anilines is 1. The highest BCUT2D eigenvalue weighted by Gasteiger charge is 2.46. The second-order valence-electron chi connectivity index (χ2n) is 7.29. The minimum atomic E-state index is -0.629. The molecular weight excluding hydrogens is 248 g/mol. The van der Waals surface area contributed by atoms with Gasteiger partial charge in [0.15, 0.2) is 0 Å². The van der Waals surface area contributed by atoms with Gasteiger partial charge in [-0.1, -0.05) is 38.5 Å². The molecule has 1 aliphatic rings. The highest BCUT2D eigenvalue weighted by atomic mass is 16.1. The van der Waals surface area contributed by atoms with Crippen LogP contribution >= 0.6 is 0 Å². The van der Waals surface area contributed by atoms with Crippen molar-refractivity contribution in [2.45, 2.75) is 52.5 Å². The van der Waals surface area contributed by atoms with E-state index < -0.39 is 5.54 Å². The summed E-state index contributed by atoms with van der Waals surface area (Å²) in [5, 5.41) is 3.43. The Balaban J connectivity index is 2.30. The Bertz CT molecular complexity index is 492. The van der Waals surface area contributed by atoms with E-state index in [-0.39, 0.29) is 11.3 Å². The van der Waals surface area contributed by atoms with E-state index in [1.54, 1.807) is 0 Å². The van der Waals surface area contributed by atoms with Crippen LogP contribution < -0.4 is 11.1 Å². The first-order valence-electron chi connectivity index (χ1n) is 7.37. The summed E-state index contributed by atoms with van der Waals surface area (Å²) in [5.74, 6) is 0.252. The summed E-state index contributed by atoms with van der Waals surface area (Å²) in [6.07, 6.45) is 2.73. The topological polar surface area (TPSA) is 55.1 Å². The van der Waals surface area contributed by atoms with Gasteiger partial charge in [-0.3, -0.25) is 4.79 Å². The molecule has 0 aromatic heterocycles. The summed E-state index contributed by atoms with van der Waals surface area (Å²) >= 11 is 0. The summed E-state index contributed by atoms with van der Waals surface area (Å²) in [7, 11) is 0. The van der Waals surface area contributed by atoms with Crippen molar-refractivity contribution < 1.29 is 4.79 Å². The van der Waals surface area contributed by atoms with Crippen LogP contribution in [0, 0.1) is 18.3 Å². The van der Waals surface area contributed by atoms with Gasteiger partial charge in [0.1, 0.15) is 5.54 Å². The molecule has 2 atom stereocenters. The molecule has 1 aromatic carbocycles. The summed E-state index contributed by atoms with van der Waals surface area (Å²) in [6.45, 7) is 8.70. The molecular formula is C17H26N2O. The molecule has 0 spiro atoms. The molecule has 1 amide bonds. The maximum Gasteiger partial charge on any atom is 0.243 e. The fraction of sp³-hybridized carbons (Fsp3) is 0.588. The largest absolute Gasteiger partial charge is 0.371 e. The molecule has 0 heterocycles. The van der Waals surface area contributed by atoms with Crippen molar-refractivity contribution in [1.29, 1.82) is 0 Å². The van der Waals surface area contributed by atoms with Gasteiger partial charge < -0.3 is 11.1 Å². The Morgan fingerprint density at radius 1 is 1.25 bits per heavy atom. The Kier molecular flexibility index (Phi) is 3.81. The van der Waals surface area contributed by atoms with E-state index in [0.717, 1.165) is 24.9 Å². The van der Waals surface area contributed by atoms with Crippen LogP contribution in [0.2, 0.25) is 0 Å². The third-order valence-corrected chi connectivity index (χ3v) is 4.29. The molecule has 3 nitrogen and oxygen atoms in total. The second-order valence-corrected chi connectivity index (χ2v) is 7.29. The first-order valence-corrected chi connectivity index (χ1v) is 7.37. The van der Waals surface area contributed by atoms with Crippen molar-refractivity contribution in [3.05, 3.63) is 29.8 Å². The zero-order valence-electron chi connectivity index (χ0n) is 13.0. The fourth-order valence-electron chi connectivity index (χ4n) is 3.83. The van der Waals surface area contributed by atoms with Gasteiger partial charge in [0.2, 0.25) is 5.91 Å². The van der Waals surface area contributed by atoms with Crippen molar-refractivity contribution in [1.82, 2.24) is 0 Å². The Morgan fingerprint density at radius 3 is 2.35 bits per heavy atom. The SMILES string of the molecule is Cc1ccc(NC2(C(N)=O)CC(C)CC(C)(C)C2)cc1. The Morgan fingerprint density at radius 2 is 1.85 bits per heavy atom. The number of amides is 1. The molecule has 3 N–H and O–H groups in total. The van der Waals surface area contributed by atoms with Crippen molar-refractivity contribution in [3.63, 3.8) is 0 Å². The van der Waals surface area contributed by atoms with Crippen LogP contribution in [0.3, 0.4) is 0 Å². The van der Waals surface area contributed by atoms with Gasteiger partial charge >= 0.3 is 0 Å². The number of aryl methyl sites for hydroxylation is 1. The monoisotopic (exact) mass is 274 g/mol. The number of benzene rings is 1. The quantitative estimate of drug-likeness (QED) is 0.886. The molecule has 110 valence electrons. The van der Waals surface area contributed by atoms with Crippen LogP contribution in [0.4, 0.5) is 5.69 Å². The van der Waals surface area contributed by atoms with E-state index in [9.17, 15) is 4.79 Å². The smallest absolute Gasteiger partial charge is 0.243 e. The van der Waals surface area contributed by atoms with Crippen LogP contribution in [-0.4, -0.2) is 11.4 Å². The van der Waals surface area contributed by atoms with E-state index in [1.165, 1.54) is 5.56 Å². The lowest BCUT2D eigenvalue weighted by atomic mass is 9.64. The molecule has 0 saturated heterocycles. The first kappa shape index (κ1) is 14.9. The van der Waals surface area contributed by atoms with Gasteiger partial charge in [-0.2, -0.15) is 0 Å². The van der Waals surface area contributed by atoms with Gasteiger partial charge in [0.05, 0.1) is 0 Å². The lowest BCUT2D eigenvalue weighted by Crippen LogP contribution is -2.56. The van der Waals surface area contributed by atoms with E-state index >= 15 is 0 Å². The maximum absolute atomic E-state index is 12.1. The van der Waals surface area contributed by atoms with Crippen molar-refractivity contribution in [2.75, 3.05) is 5.32 Å². The molecule has 1 fully saturated rings. The summed E-state index contributed by atoms with van der Waals surface area (Å²) in [6, 6.07) is 8.14. The number of hydrogen-bond donors (Lipinski definition) is 2. The lowest BCUT2D eigenvalue weighted by Gasteiger charge is -2.46. The zero-order chi connectivity index (χ0) is 15.0. The molecule has 2 unspecified atom stereocenters.